The van der Waals surface area contributed by atoms with E-state index in [4.69, 9.17) is 14.6 Å². The number of unbranched alkanes of at least 4 members (excludes halogenated alkanes) is 1. The van der Waals surface area contributed by atoms with Crippen molar-refractivity contribution in [2.24, 2.45) is 5.92 Å². The standard InChI is InChI=1S/C19H29NO5/c1-4-6-7-15(5-2)12-24-16-8-10-17(11-9-16)25-13-18(21)20-14(3)19(22)23/h8-11,14-15H,4-7,12-13H2,1-3H3,(H,20,21)(H,22,23). The van der Waals surface area contributed by atoms with Crippen molar-refractivity contribution in [2.75, 3.05) is 13.2 Å². The zero-order chi connectivity index (χ0) is 18.7. The first-order valence-electron chi connectivity index (χ1n) is 8.84. The summed E-state index contributed by atoms with van der Waals surface area (Å²) in [5.41, 5.74) is 0. The van der Waals surface area contributed by atoms with Gasteiger partial charge in [-0.05, 0) is 43.5 Å². The third-order valence-electron chi connectivity index (χ3n) is 3.97. The molecule has 0 aliphatic heterocycles. The minimum absolute atomic E-state index is 0.229. The predicted octanol–water partition coefficient (Wildman–Crippen LogP) is 3.25. The van der Waals surface area contributed by atoms with Gasteiger partial charge in [-0.15, -0.1) is 0 Å². The molecular weight excluding hydrogens is 322 g/mol. The van der Waals surface area contributed by atoms with Gasteiger partial charge in [-0.3, -0.25) is 9.59 Å². The monoisotopic (exact) mass is 351 g/mol. The molecule has 140 valence electrons. The van der Waals surface area contributed by atoms with Crippen LogP contribution in [0.3, 0.4) is 0 Å². The second-order valence-electron chi connectivity index (χ2n) is 6.12. The number of ether oxygens (including phenoxy) is 2. The van der Waals surface area contributed by atoms with Gasteiger partial charge in [0.15, 0.2) is 6.61 Å². The largest absolute Gasteiger partial charge is 0.493 e. The Hall–Kier alpha value is -2.24. The maximum absolute atomic E-state index is 11.6. The number of carboxylic acid groups (broad SMARTS) is 1. The van der Waals surface area contributed by atoms with E-state index in [1.807, 2.05) is 0 Å². The average molecular weight is 351 g/mol. The molecule has 0 saturated heterocycles. The molecular formula is C19H29NO5. The second-order valence-corrected chi connectivity index (χ2v) is 6.12. The first-order chi connectivity index (χ1) is 12.0. The molecule has 6 heteroatoms. The van der Waals surface area contributed by atoms with Crippen molar-refractivity contribution < 1.29 is 24.2 Å². The number of aliphatic carboxylic acids is 1. The van der Waals surface area contributed by atoms with Crippen molar-refractivity contribution in [2.45, 2.75) is 52.5 Å². The summed E-state index contributed by atoms with van der Waals surface area (Å²) < 4.78 is 11.2. The molecule has 0 aliphatic carbocycles. The summed E-state index contributed by atoms with van der Waals surface area (Å²) in [5, 5.41) is 11.1. The van der Waals surface area contributed by atoms with E-state index < -0.39 is 17.9 Å². The van der Waals surface area contributed by atoms with Gasteiger partial charge in [0.05, 0.1) is 6.61 Å². The third kappa shape index (κ3) is 8.42. The number of carboxylic acids is 1. The molecule has 1 aromatic carbocycles. The number of carbonyl (C=O) groups excluding carboxylic acids is 1. The van der Waals surface area contributed by atoms with Crippen molar-refractivity contribution in [1.29, 1.82) is 0 Å². The molecule has 0 aromatic heterocycles. The summed E-state index contributed by atoms with van der Waals surface area (Å²) in [6.07, 6.45) is 4.70. The molecule has 2 N–H and O–H groups in total. The lowest BCUT2D eigenvalue weighted by Gasteiger charge is -2.16. The first kappa shape index (κ1) is 20.8. The van der Waals surface area contributed by atoms with Crippen molar-refractivity contribution >= 4 is 11.9 Å². The molecule has 0 aliphatic rings. The van der Waals surface area contributed by atoms with Crippen LogP contribution in [0.2, 0.25) is 0 Å². The second kappa shape index (κ2) is 11.3. The topological polar surface area (TPSA) is 84.9 Å². The molecule has 1 amide bonds. The molecule has 2 unspecified atom stereocenters. The van der Waals surface area contributed by atoms with Gasteiger partial charge in [-0.2, -0.15) is 0 Å². The third-order valence-corrected chi connectivity index (χ3v) is 3.97. The summed E-state index contributed by atoms with van der Waals surface area (Å²) in [5.74, 6) is 0.307. The molecule has 1 rings (SSSR count). The van der Waals surface area contributed by atoms with Gasteiger partial charge in [0, 0.05) is 0 Å². The van der Waals surface area contributed by atoms with Gasteiger partial charge in [0.2, 0.25) is 0 Å². The highest BCUT2D eigenvalue weighted by molar-refractivity contribution is 5.84. The maximum atomic E-state index is 11.6. The van der Waals surface area contributed by atoms with Crippen LogP contribution < -0.4 is 14.8 Å². The Labute approximate surface area is 149 Å². The number of benzene rings is 1. The lowest BCUT2D eigenvalue weighted by Crippen LogP contribution is -2.40. The van der Waals surface area contributed by atoms with Crippen molar-refractivity contribution in [1.82, 2.24) is 5.32 Å². The molecule has 25 heavy (non-hydrogen) atoms. The van der Waals surface area contributed by atoms with Gasteiger partial charge >= 0.3 is 5.97 Å². The lowest BCUT2D eigenvalue weighted by molar-refractivity contribution is -0.141. The van der Waals surface area contributed by atoms with Crippen molar-refractivity contribution in [3.8, 4) is 11.5 Å². The van der Waals surface area contributed by atoms with Crippen LogP contribution in [0.15, 0.2) is 24.3 Å². The Bertz CT molecular complexity index is 529. The fraction of sp³-hybridized carbons (Fsp3) is 0.579. The maximum Gasteiger partial charge on any atom is 0.325 e. The Balaban J connectivity index is 2.38. The Morgan fingerprint density at radius 3 is 2.24 bits per heavy atom. The molecule has 2 atom stereocenters. The Kier molecular flexibility index (Phi) is 9.43. The summed E-state index contributed by atoms with van der Waals surface area (Å²) >= 11 is 0. The minimum atomic E-state index is -1.08. The van der Waals surface area contributed by atoms with Crippen LogP contribution in [0, 0.1) is 5.92 Å². The average Bonchev–Trinajstić information content (AvgIpc) is 2.61. The predicted molar refractivity (Wildman–Crippen MR) is 96.0 cm³/mol. The Morgan fingerprint density at radius 1 is 1.12 bits per heavy atom. The highest BCUT2D eigenvalue weighted by atomic mass is 16.5. The zero-order valence-electron chi connectivity index (χ0n) is 15.3. The zero-order valence-corrected chi connectivity index (χ0v) is 15.3. The summed E-state index contributed by atoms with van der Waals surface area (Å²) in [4.78, 5) is 22.2. The molecule has 0 bridgehead atoms. The molecule has 1 aromatic rings. The van der Waals surface area contributed by atoms with Crippen LogP contribution >= 0.6 is 0 Å². The van der Waals surface area contributed by atoms with E-state index in [0.717, 1.165) is 12.2 Å². The molecule has 0 heterocycles. The van der Waals surface area contributed by atoms with Gasteiger partial charge in [0.25, 0.3) is 5.91 Å². The summed E-state index contributed by atoms with van der Waals surface area (Å²) in [7, 11) is 0. The molecule has 0 saturated carbocycles. The molecule has 6 nitrogen and oxygen atoms in total. The molecule has 0 spiro atoms. The summed E-state index contributed by atoms with van der Waals surface area (Å²) in [6, 6.07) is 6.14. The number of hydrogen-bond donors (Lipinski definition) is 2. The highest BCUT2D eigenvalue weighted by Gasteiger charge is 2.14. The van der Waals surface area contributed by atoms with Gasteiger partial charge in [-0.25, -0.2) is 0 Å². The SMILES string of the molecule is CCCCC(CC)COc1ccc(OCC(=O)NC(C)C(=O)O)cc1. The van der Waals surface area contributed by atoms with Crippen LogP contribution in [-0.4, -0.2) is 36.2 Å². The van der Waals surface area contributed by atoms with E-state index in [1.54, 1.807) is 24.3 Å². The van der Waals surface area contributed by atoms with E-state index >= 15 is 0 Å². The number of nitrogens with one attached hydrogen (secondary N) is 1. The van der Waals surface area contributed by atoms with Crippen LogP contribution in [0.25, 0.3) is 0 Å². The first-order valence-corrected chi connectivity index (χ1v) is 8.84. The van der Waals surface area contributed by atoms with Crippen molar-refractivity contribution in [3.05, 3.63) is 24.3 Å². The van der Waals surface area contributed by atoms with Gasteiger partial charge in [-0.1, -0.05) is 33.1 Å². The fourth-order valence-electron chi connectivity index (χ4n) is 2.24. The minimum Gasteiger partial charge on any atom is -0.493 e. The quantitative estimate of drug-likeness (QED) is 0.604. The number of carbonyl (C=O) groups is 2. The van der Waals surface area contributed by atoms with E-state index in [2.05, 4.69) is 19.2 Å². The lowest BCUT2D eigenvalue weighted by atomic mass is 10.0. The van der Waals surface area contributed by atoms with E-state index in [1.165, 1.54) is 26.2 Å². The normalized spacial score (nSPS) is 12.9. The van der Waals surface area contributed by atoms with E-state index in [0.29, 0.717) is 18.3 Å². The fourth-order valence-corrected chi connectivity index (χ4v) is 2.24. The van der Waals surface area contributed by atoms with Crippen LogP contribution in [-0.2, 0) is 9.59 Å². The van der Waals surface area contributed by atoms with Crippen molar-refractivity contribution in [3.63, 3.8) is 0 Å². The van der Waals surface area contributed by atoms with E-state index in [9.17, 15) is 9.59 Å². The Morgan fingerprint density at radius 2 is 1.72 bits per heavy atom. The van der Waals surface area contributed by atoms with Crippen LogP contribution in [0.1, 0.15) is 46.5 Å². The highest BCUT2D eigenvalue weighted by Crippen LogP contribution is 2.20. The number of hydrogen-bond acceptors (Lipinski definition) is 4. The number of rotatable bonds is 12. The smallest absolute Gasteiger partial charge is 0.325 e. The molecule has 0 fully saturated rings. The van der Waals surface area contributed by atoms with E-state index in [-0.39, 0.29) is 6.61 Å². The van der Waals surface area contributed by atoms with Crippen LogP contribution in [0.5, 0.6) is 11.5 Å². The molecule has 0 radical (unpaired) electrons. The van der Waals surface area contributed by atoms with Gasteiger partial charge < -0.3 is 19.9 Å². The summed E-state index contributed by atoms with van der Waals surface area (Å²) in [6.45, 7) is 6.24. The number of amides is 1. The van der Waals surface area contributed by atoms with Gasteiger partial charge in [0.1, 0.15) is 17.5 Å². The van der Waals surface area contributed by atoms with Crippen LogP contribution in [0.4, 0.5) is 0 Å².